The van der Waals surface area contributed by atoms with Crippen LogP contribution in [0.5, 0.6) is 0 Å². The van der Waals surface area contributed by atoms with Crippen LogP contribution in [0.25, 0.3) is 5.76 Å². The number of anilines is 2. The van der Waals surface area contributed by atoms with E-state index in [1.165, 1.54) is 0 Å². The van der Waals surface area contributed by atoms with Gasteiger partial charge in [-0.25, -0.2) is 9.97 Å². The van der Waals surface area contributed by atoms with Crippen LogP contribution >= 0.6 is 11.6 Å². The van der Waals surface area contributed by atoms with Crippen molar-refractivity contribution in [3.05, 3.63) is 53.1 Å². The van der Waals surface area contributed by atoms with E-state index in [9.17, 15) is 0 Å². The van der Waals surface area contributed by atoms with Crippen LogP contribution in [-0.2, 0) is 9.47 Å². The summed E-state index contributed by atoms with van der Waals surface area (Å²) in [5.74, 6) is 2.24. The highest BCUT2D eigenvalue weighted by molar-refractivity contribution is 6.30. The number of hydrogen-bond acceptors (Lipinski definition) is 7. The maximum absolute atomic E-state index is 6.09. The molecule has 1 unspecified atom stereocenters. The molecule has 3 heterocycles. The third-order valence-electron chi connectivity index (χ3n) is 3.72. The van der Waals surface area contributed by atoms with Crippen LogP contribution in [0.2, 0.25) is 5.02 Å². The summed E-state index contributed by atoms with van der Waals surface area (Å²) in [6.07, 6.45) is 2.22. The first-order valence-corrected chi connectivity index (χ1v) is 8.19. The molecule has 0 aromatic carbocycles. The van der Waals surface area contributed by atoms with E-state index in [0.29, 0.717) is 47.0 Å². The number of nitrogens with one attached hydrogen (secondary N) is 2. The van der Waals surface area contributed by atoms with Gasteiger partial charge in [-0.05, 0) is 31.2 Å². The highest BCUT2D eigenvalue weighted by Crippen LogP contribution is 2.31. The standard InChI is InChI=1S/C17H20ClN5O2/c1-17(8-9-24-2)23-16(19)15(25-17)12-4-3-5-14(21-12)22-13-7-6-11(18)10-20-13/h3-7,10,23H,8-9,19H2,1-2H3,(H,20,21,22). The lowest BCUT2D eigenvalue weighted by Gasteiger charge is -2.25. The maximum atomic E-state index is 6.09. The second-order valence-electron chi connectivity index (χ2n) is 5.84. The van der Waals surface area contributed by atoms with Crippen LogP contribution in [-0.4, -0.2) is 29.4 Å². The Morgan fingerprint density at radius 3 is 2.88 bits per heavy atom. The molecule has 1 aliphatic rings. The molecule has 0 bridgehead atoms. The summed E-state index contributed by atoms with van der Waals surface area (Å²) in [4.78, 5) is 8.75. The van der Waals surface area contributed by atoms with Gasteiger partial charge in [0.2, 0.25) is 0 Å². The van der Waals surface area contributed by atoms with Gasteiger partial charge in [0.25, 0.3) is 0 Å². The fraction of sp³-hybridized carbons (Fsp3) is 0.294. The number of rotatable bonds is 6. The highest BCUT2D eigenvalue weighted by atomic mass is 35.5. The van der Waals surface area contributed by atoms with Crippen molar-refractivity contribution in [1.29, 1.82) is 0 Å². The molecule has 0 saturated heterocycles. The Bertz CT molecular complexity index is 781. The van der Waals surface area contributed by atoms with Gasteiger partial charge < -0.3 is 25.8 Å². The van der Waals surface area contributed by atoms with E-state index in [1.54, 1.807) is 25.4 Å². The van der Waals surface area contributed by atoms with Crippen molar-refractivity contribution < 1.29 is 9.47 Å². The molecule has 25 heavy (non-hydrogen) atoms. The zero-order valence-electron chi connectivity index (χ0n) is 14.0. The normalized spacial score (nSPS) is 19.5. The summed E-state index contributed by atoms with van der Waals surface area (Å²) in [6.45, 7) is 2.48. The van der Waals surface area contributed by atoms with E-state index >= 15 is 0 Å². The lowest BCUT2D eigenvalue weighted by Crippen LogP contribution is -2.41. The van der Waals surface area contributed by atoms with Crippen molar-refractivity contribution in [2.45, 2.75) is 19.1 Å². The van der Waals surface area contributed by atoms with Crippen molar-refractivity contribution in [1.82, 2.24) is 15.3 Å². The van der Waals surface area contributed by atoms with Crippen molar-refractivity contribution >= 4 is 29.0 Å². The molecule has 3 rings (SSSR count). The predicted molar refractivity (Wildman–Crippen MR) is 97.0 cm³/mol. The summed E-state index contributed by atoms with van der Waals surface area (Å²) in [5, 5.41) is 6.86. The molecule has 0 aliphatic carbocycles. The molecule has 132 valence electrons. The number of halogens is 1. The van der Waals surface area contributed by atoms with Gasteiger partial charge in [0.1, 0.15) is 23.2 Å². The zero-order valence-corrected chi connectivity index (χ0v) is 14.8. The lowest BCUT2D eigenvalue weighted by atomic mass is 10.2. The monoisotopic (exact) mass is 361 g/mol. The molecule has 1 aliphatic heterocycles. The first-order valence-electron chi connectivity index (χ1n) is 7.81. The first kappa shape index (κ1) is 17.3. The molecule has 0 radical (unpaired) electrons. The molecular weight excluding hydrogens is 342 g/mol. The maximum Gasteiger partial charge on any atom is 0.187 e. The van der Waals surface area contributed by atoms with E-state index in [2.05, 4.69) is 20.6 Å². The second-order valence-corrected chi connectivity index (χ2v) is 6.27. The third kappa shape index (κ3) is 4.12. The van der Waals surface area contributed by atoms with Crippen molar-refractivity contribution in [2.75, 3.05) is 19.0 Å². The average molecular weight is 362 g/mol. The summed E-state index contributed by atoms with van der Waals surface area (Å²) in [6, 6.07) is 9.08. The van der Waals surface area contributed by atoms with Gasteiger partial charge >= 0.3 is 0 Å². The van der Waals surface area contributed by atoms with E-state index in [0.717, 1.165) is 0 Å². The van der Waals surface area contributed by atoms with Crippen LogP contribution in [0.3, 0.4) is 0 Å². The average Bonchev–Trinajstić information content (AvgIpc) is 2.91. The number of ether oxygens (including phenoxy) is 2. The van der Waals surface area contributed by atoms with E-state index in [1.807, 2.05) is 25.1 Å². The molecule has 2 aromatic heterocycles. The lowest BCUT2D eigenvalue weighted by molar-refractivity contribution is 0.0224. The predicted octanol–water partition coefficient (Wildman–Crippen LogP) is 2.83. The first-order chi connectivity index (χ1) is 12.0. The molecular formula is C17H20ClN5O2. The number of pyridine rings is 2. The molecule has 7 nitrogen and oxygen atoms in total. The molecule has 0 spiro atoms. The topological polar surface area (TPSA) is 94.3 Å². The Morgan fingerprint density at radius 2 is 2.16 bits per heavy atom. The fourth-order valence-corrected chi connectivity index (χ4v) is 2.57. The zero-order chi connectivity index (χ0) is 17.9. The van der Waals surface area contributed by atoms with Gasteiger partial charge in [-0.15, -0.1) is 0 Å². The van der Waals surface area contributed by atoms with Gasteiger partial charge in [-0.2, -0.15) is 0 Å². The van der Waals surface area contributed by atoms with Crippen LogP contribution in [0.4, 0.5) is 11.6 Å². The molecule has 2 aromatic rings. The van der Waals surface area contributed by atoms with Gasteiger partial charge in [0.15, 0.2) is 11.5 Å². The minimum absolute atomic E-state index is 0.452. The Labute approximate surface area is 151 Å². The Hall–Kier alpha value is -2.51. The number of nitrogens with zero attached hydrogens (tertiary/aromatic N) is 2. The largest absolute Gasteiger partial charge is 0.462 e. The van der Waals surface area contributed by atoms with Gasteiger partial charge in [0, 0.05) is 19.7 Å². The highest BCUT2D eigenvalue weighted by Gasteiger charge is 2.35. The smallest absolute Gasteiger partial charge is 0.187 e. The molecule has 0 amide bonds. The molecule has 8 heteroatoms. The minimum Gasteiger partial charge on any atom is -0.462 e. The van der Waals surface area contributed by atoms with Gasteiger partial charge in [0.05, 0.1) is 11.6 Å². The Balaban J connectivity index is 1.77. The second kappa shape index (κ2) is 7.16. The number of hydrogen-bond donors (Lipinski definition) is 3. The van der Waals surface area contributed by atoms with Crippen molar-refractivity contribution in [3.8, 4) is 0 Å². The van der Waals surface area contributed by atoms with Gasteiger partial charge in [-0.1, -0.05) is 17.7 Å². The van der Waals surface area contributed by atoms with Crippen LogP contribution in [0.1, 0.15) is 19.0 Å². The SMILES string of the molecule is COCCC1(C)NC(N)=C(c2cccc(Nc3ccc(Cl)cn3)n2)O1. The van der Waals surface area contributed by atoms with Crippen molar-refractivity contribution in [3.63, 3.8) is 0 Å². The summed E-state index contributed by atoms with van der Waals surface area (Å²) in [5.41, 5.74) is 6.11. The molecule has 1 atom stereocenters. The van der Waals surface area contributed by atoms with Crippen molar-refractivity contribution in [2.24, 2.45) is 5.73 Å². The molecule has 4 N–H and O–H groups in total. The minimum atomic E-state index is -0.613. The van der Waals surface area contributed by atoms with Gasteiger partial charge in [-0.3, -0.25) is 0 Å². The van der Waals surface area contributed by atoms with Crippen LogP contribution in [0, 0.1) is 0 Å². The summed E-state index contributed by atoms with van der Waals surface area (Å²) < 4.78 is 11.1. The third-order valence-corrected chi connectivity index (χ3v) is 3.94. The van der Waals surface area contributed by atoms with E-state index in [4.69, 9.17) is 26.8 Å². The summed E-state index contributed by atoms with van der Waals surface area (Å²) >= 11 is 5.85. The number of methoxy groups -OCH3 is 1. The molecule has 0 saturated carbocycles. The van der Waals surface area contributed by atoms with E-state index < -0.39 is 5.72 Å². The number of nitrogens with two attached hydrogens (primary N) is 1. The fourth-order valence-electron chi connectivity index (χ4n) is 2.46. The van der Waals surface area contributed by atoms with Crippen LogP contribution < -0.4 is 16.4 Å². The quantitative estimate of drug-likeness (QED) is 0.728. The van der Waals surface area contributed by atoms with E-state index in [-0.39, 0.29) is 0 Å². The molecule has 0 fully saturated rings. The number of aromatic nitrogens is 2. The summed E-state index contributed by atoms with van der Waals surface area (Å²) in [7, 11) is 1.65. The Kier molecular flexibility index (Phi) is 4.96. The Morgan fingerprint density at radius 1 is 1.32 bits per heavy atom. The van der Waals surface area contributed by atoms with Crippen LogP contribution in [0.15, 0.2) is 42.3 Å².